The van der Waals surface area contributed by atoms with Crippen LogP contribution in [0.4, 0.5) is 0 Å². The first-order chi connectivity index (χ1) is 8.43. The molecular formula is C15H18Br2O. The van der Waals surface area contributed by atoms with Gasteiger partial charge in [0, 0.05) is 26.7 Å². The van der Waals surface area contributed by atoms with Crippen LogP contribution in [0.5, 0.6) is 5.75 Å². The van der Waals surface area contributed by atoms with Crippen LogP contribution < -0.4 is 4.74 Å². The van der Waals surface area contributed by atoms with Gasteiger partial charge in [-0.2, -0.15) is 0 Å². The van der Waals surface area contributed by atoms with Crippen LogP contribution in [0.15, 0.2) is 16.6 Å². The summed E-state index contributed by atoms with van der Waals surface area (Å²) >= 11 is 7.32. The number of aryl methyl sites for hydroxylation is 1. The van der Waals surface area contributed by atoms with Crippen LogP contribution in [0.3, 0.4) is 0 Å². The quantitative estimate of drug-likeness (QED) is 0.631. The number of ether oxygens (including phenoxy) is 1. The molecule has 1 aliphatic heterocycles. The molecule has 1 aliphatic carbocycles. The molecule has 1 nitrogen and oxygen atoms in total. The second-order valence-electron chi connectivity index (χ2n) is 6.04. The number of hydrogen-bond donors (Lipinski definition) is 0. The number of hydrogen-bond acceptors (Lipinski definition) is 1. The maximum Gasteiger partial charge on any atom is 0.124 e. The van der Waals surface area contributed by atoms with Crippen molar-refractivity contribution in [1.82, 2.24) is 0 Å². The second-order valence-corrected chi connectivity index (χ2v) is 7.45. The Hall–Kier alpha value is -0.0200. The summed E-state index contributed by atoms with van der Waals surface area (Å²) in [5.74, 6) is 1.64. The van der Waals surface area contributed by atoms with Crippen molar-refractivity contribution in [2.75, 3.05) is 5.33 Å². The minimum Gasteiger partial charge on any atom is -0.486 e. The van der Waals surface area contributed by atoms with Crippen molar-refractivity contribution in [3.63, 3.8) is 0 Å². The average molecular weight is 374 g/mol. The molecule has 0 spiro atoms. The fraction of sp³-hybridized carbons (Fsp3) is 0.600. The highest BCUT2D eigenvalue weighted by Crippen LogP contribution is 2.59. The van der Waals surface area contributed by atoms with E-state index in [0.717, 1.165) is 17.5 Å². The van der Waals surface area contributed by atoms with Crippen molar-refractivity contribution in [2.45, 2.75) is 44.6 Å². The lowest BCUT2D eigenvalue weighted by Crippen LogP contribution is -2.49. The Morgan fingerprint density at radius 2 is 2.11 bits per heavy atom. The number of rotatable bonds is 1. The normalized spacial score (nSPS) is 37.3. The SMILES string of the molecule is Cc1cc2c(cc1Br)[C@]1(C)CCC(CBr)(O2)[C@@H]1C. The van der Waals surface area contributed by atoms with Gasteiger partial charge in [-0.3, -0.25) is 0 Å². The molecule has 0 radical (unpaired) electrons. The van der Waals surface area contributed by atoms with E-state index >= 15 is 0 Å². The smallest absolute Gasteiger partial charge is 0.124 e. The third-order valence-corrected chi connectivity index (χ3v) is 7.03. The van der Waals surface area contributed by atoms with E-state index < -0.39 is 0 Å². The molecule has 1 fully saturated rings. The zero-order valence-electron chi connectivity index (χ0n) is 11.0. The third-order valence-electron chi connectivity index (χ3n) is 5.23. The molecule has 1 heterocycles. The fourth-order valence-corrected chi connectivity index (χ4v) is 4.83. The van der Waals surface area contributed by atoms with Crippen LogP contribution in [0.25, 0.3) is 0 Å². The number of alkyl halides is 1. The van der Waals surface area contributed by atoms with Crippen LogP contribution in [0, 0.1) is 12.8 Å². The van der Waals surface area contributed by atoms with E-state index in [1.807, 2.05) is 0 Å². The Balaban J connectivity index is 2.22. The standard InChI is InChI=1S/C15H18Br2O/c1-9-6-13-11(7-12(9)17)14(3)4-5-15(8-16,18-13)10(14)2/h6-7,10H,4-5,8H2,1-3H3/t10-,14-,15?/m1/s1. The highest BCUT2D eigenvalue weighted by atomic mass is 79.9. The molecule has 98 valence electrons. The Morgan fingerprint density at radius 1 is 1.39 bits per heavy atom. The first kappa shape index (κ1) is 13.0. The molecule has 3 atom stereocenters. The van der Waals surface area contributed by atoms with Gasteiger partial charge in [0.1, 0.15) is 11.4 Å². The summed E-state index contributed by atoms with van der Waals surface area (Å²) in [4.78, 5) is 0. The Kier molecular flexibility index (Phi) is 2.88. The van der Waals surface area contributed by atoms with Crippen LogP contribution >= 0.6 is 31.9 Å². The summed E-state index contributed by atoms with van der Waals surface area (Å²) < 4.78 is 7.60. The Labute approximate surface area is 126 Å². The molecule has 1 unspecified atom stereocenters. The Morgan fingerprint density at radius 3 is 2.78 bits per heavy atom. The topological polar surface area (TPSA) is 9.23 Å². The van der Waals surface area contributed by atoms with Crippen molar-refractivity contribution >= 4 is 31.9 Å². The second kappa shape index (κ2) is 3.99. The Bertz CT molecular complexity index is 513. The van der Waals surface area contributed by atoms with Gasteiger partial charge in [-0.15, -0.1) is 0 Å². The van der Waals surface area contributed by atoms with Crippen molar-refractivity contribution in [3.8, 4) is 5.75 Å². The van der Waals surface area contributed by atoms with Crippen LogP contribution in [-0.4, -0.2) is 10.9 Å². The van der Waals surface area contributed by atoms with Gasteiger partial charge in [-0.25, -0.2) is 0 Å². The average Bonchev–Trinajstić information content (AvgIpc) is 2.52. The first-order valence-electron chi connectivity index (χ1n) is 6.48. The van der Waals surface area contributed by atoms with Gasteiger partial charge in [-0.1, -0.05) is 45.7 Å². The zero-order chi connectivity index (χ0) is 13.1. The molecule has 18 heavy (non-hydrogen) atoms. The highest BCUT2D eigenvalue weighted by Gasteiger charge is 2.58. The highest BCUT2D eigenvalue weighted by molar-refractivity contribution is 9.10. The summed E-state index contributed by atoms with van der Waals surface area (Å²) in [7, 11) is 0. The molecule has 0 N–H and O–H groups in total. The summed E-state index contributed by atoms with van der Waals surface area (Å²) in [6, 6.07) is 4.46. The van der Waals surface area contributed by atoms with Crippen molar-refractivity contribution in [2.24, 2.45) is 5.92 Å². The molecule has 2 aliphatic rings. The van der Waals surface area contributed by atoms with E-state index in [4.69, 9.17) is 4.74 Å². The molecule has 1 aromatic carbocycles. The summed E-state index contributed by atoms with van der Waals surface area (Å²) in [5.41, 5.74) is 2.86. The van der Waals surface area contributed by atoms with Gasteiger partial charge < -0.3 is 4.74 Å². The minimum absolute atomic E-state index is 0.0119. The van der Waals surface area contributed by atoms with E-state index in [2.05, 4.69) is 64.8 Å². The van der Waals surface area contributed by atoms with Gasteiger partial charge in [0.2, 0.25) is 0 Å². The summed E-state index contributed by atoms with van der Waals surface area (Å²) in [6.07, 6.45) is 2.35. The van der Waals surface area contributed by atoms with Gasteiger partial charge in [0.05, 0.1) is 0 Å². The number of halogens is 2. The predicted molar refractivity (Wildman–Crippen MR) is 81.8 cm³/mol. The summed E-state index contributed by atoms with van der Waals surface area (Å²) in [6.45, 7) is 6.85. The van der Waals surface area contributed by atoms with Crippen molar-refractivity contribution < 1.29 is 4.74 Å². The fourth-order valence-electron chi connectivity index (χ4n) is 3.61. The largest absolute Gasteiger partial charge is 0.486 e. The predicted octanol–water partition coefficient (Wildman–Crippen LogP) is 4.97. The van der Waals surface area contributed by atoms with Gasteiger partial charge in [0.25, 0.3) is 0 Å². The number of benzene rings is 1. The minimum atomic E-state index is -0.0119. The maximum absolute atomic E-state index is 6.41. The lowest BCUT2D eigenvalue weighted by Gasteiger charge is -2.45. The number of fused-ring (bicyclic) bond motifs is 4. The molecule has 1 aromatic rings. The molecular weight excluding hydrogens is 356 g/mol. The lowest BCUT2D eigenvalue weighted by atomic mass is 9.70. The van der Waals surface area contributed by atoms with Gasteiger partial charge >= 0.3 is 0 Å². The first-order valence-corrected chi connectivity index (χ1v) is 8.40. The van der Waals surface area contributed by atoms with Crippen molar-refractivity contribution in [3.05, 3.63) is 27.7 Å². The maximum atomic E-state index is 6.41. The molecule has 0 saturated heterocycles. The van der Waals surface area contributed by atoms with E-state index in [9.17, 15) is 0 Å². The molecule has 0 aromatic heterocycles. The molecule has 3 heteroatoms. The molecule has 1 saturated carbocycles. The molecule has 3 rings (SSSR count). The van der Waals surface area contributed by atoms with Gasteiger partial charge in [0.15, 0.2) is 0 Å². The van der Waals surface area contributed by atoms with Gasteiger partial charge in [-0.05, 0) is 37.5 Å². The third kappa shape index (κ3) is 1.49. The molecule has 0 amide bonds. The van der Waals surface area contributed by atoms with E-state index in [0.29, 0.717) is 5.92 Å². The lowest BCUT2D eigenvalue weighted by molar-refractivity contribution is 0.0271. The van der Waals surface area contributed by atoms with E-state index in [1.165, 1.54) is 22.0 Å². The summed E-state index contributed by atoms with van der Waals surface area (Å²) in [5, 5.41) is 0.922. The van der Waals surface area contributed by atoms with Crippen LogP contribution in [0.1, 0.15) is 37.8 Å². The van der Waals surface area contributed by atoms with Crippen molar-refractivity contribution in [1.29, 1.82) is 0 Å². The zero-order valence-corrected chi connectivity index (χ0v) is 14.2. The molecule has 2 bridgehead atoms. The van der Waals surface area contributed by atoms with Crippen LogP contribution in [-0.2, 0) is 5.41 Å². The van der Waals surface area contributed by atoms with E-state index in [-0.39, 0.29) is 11.0 Å². The van der Waals surface area contributed by atoms with E-state index in [1.54, 1.807) is 0 Å². The monoisotopic (exact) mass is 372 g/mol. The van der Waals surface area contributed by atoms with Crippen LogP contribution in [0.2, 0.25) is 0 Å².